The third-order valence-corrected chi connectivity index (χ3v) is 15.2. The first-order valence-electron chi connectivity index (χ1n) is 34.4. The van der Waals surface area contributed by atoms with Crippen molar-refractivity contribution in [1.29, 1.82) is 0 Å². The van der Waals surface area contributed by atoms with Crippen molar-refractivity contribution in [2.24, 2.45) is 0 Å². The summed E-state index contributed by atoms with van der Waals surface area (Å²) in [5.74, 6) is -0.892. The fraction of sp³-hybridized carbons (Fsp3) is 0.795. The third-order valence-electron chi connectivity index (χ3n) is 15.2. The highest BCUT2D eigenvalue weighted by Crippen LogP contribution is 2.18. The van der Waals surface area contributed by atoms with E-state index in [1.165, 1.54) is 199 Å². The average Bonchev–Trinajstić information content (AvgIpc) is 3.45. The Morgan fingerprint density at radius 2 is 0.494 bits per heavy atom. The molecular weight excluding hydrogens is 973 g/mol. The molecule has 0 N–H and O–H groups in total. The lowest BCUT2D eigenvalue weighted by Crippen LogP contribution is -2.30. The van der Waals surface area contributed by atoms with Gasteiger partial charge in [-0.05, 0) is 89.9 Å². The highest BCUT2D eigenvalue weighted by atomic mass is 16.6. The van der Waals surface area contributed by atoms with Gasteiger partial charge in [-0.2, -0.15) is 0 Å². The van der Waals surface area contributed by atoms with Crippen LogP contribution in [0.25, 0.3) is 0 Å². The molecule has 0 aliphatic heterocycles. The van der Waals surface area contributed by atoms with Crippen molar-refractivity contribution >= 4 is 17.9 Å². The van der Waals surface area contributed by atoms with Gasteiger partial charge in [0.2, 0.25) is 0 Å². The van der Waals surface area contributed by atoms with E-state index in [0.717, 1.165) is 116 Å². The number of hydrogen-bond donors (Lipinski definition) is 0. The molecule has 0 saturated heterocycles. The Hall–Kier alpha value is -3.15. The Kier molecular flexibility index (Phi) is 64.7. The molecule has 0 aromatic rings. The van der Waals surface area contributed by atoms with Crippen molar-refractivity contribution in [1.82, 2.24) is 0 Å². The zero-order chi connectivity index (χ0) is 57.1. The fourth-order valence-corrected chi connectivity index (χ4v) is 10.1. The Balaban J connectivity index is 4.30. The van der Waals surface area contributed by atoms with E-state index in [1.807, 2.05) is 0 Å². The first-order chi connectivity index (χ1) is 39.0. The molecule has 458 valence electrons. The molecule has 1 atom stereocenters. The predicted molar refractivity (Wildman–Crippen MR) is 344 cm³/mol. The molecule has 0 aromatic heterocycles. The van der Waals surface area contributed by atoms with E-state index in [9.17, 15) is 14.4 Å². The second-order valence-electron chi connectivity index (χ2n) is 23.1. The molecule has 6 heteroatoms. The largest absolute Gasteiger partial charge is 0.462 e. The first-order valence-corrected chi connectivity index (χ1v) is 34.4. The van der Waals surface area contributed by atoms with Crippen LogP contribution < -0.4 is 0 Å². The molecule has 1 unspecified atom stereocenters. The van der Waals surface area contributed by atoms with Crippen LogP contribution in [0, 0.1) is 0 Å². The quantitative estimate of drug-likeness (QED) is 0.0261. The van der Waals surface area contributed by atoms with E-state index in [1.54, 1.807) is 0 Å². The molecule has 6 nitrogen and oxygen atoms in total. The summed E-state index contributed by atoms with van der Waals surface area (Å²) in [4.78, 5) is 38.4. The molecule has 0 amide bonds. The summed E-state index contributed by atoms with van der Waals surface area (Å²) < 4.78 is 17.0. The third kappa shape index (κ3) is 65.5. The number of carbonyl (C=O) groups is 3. The summed E-state index contributed by atoms with van der Waals surface area (Å²) in [7, 11) is 0. The van der Waals surface area contributed by atoms with Gasteiger partial charge in [-0.1, -0.05) is 318 Å². The van der Waals surface area contributed by atoms with Gasteiger partial charge in [0.1, 0.15) is 13.2 Å². The van der Waals surface area contributed by atoms with Crippen molar-refractivity contribution in [3.8, 4) is 0 Å². The van der Waals surface area contributed by atoms with Crippen LogP contribution in [0.1, 0.15) is 355 Å². The Morgan fingerprint density at radius 3 is 0.785 bits per heavy atom. The van der Waals surface area contributed by atoms with Crippen LogP contribution in [0.2, 0.25) is 0 Å². The topological polar surface area (TPSA) is 78.9 Å². The van der Waals surface area contributed by atoms with Crippen LogP contribution in [0.5, 0.6) is 0 Å². The summed E-state index contributed by atoms with van der Waals surface area (Å²) >= 11 is 0. The average molecular weight is 1100 g/mol. The molecule has 0 fully saturated rings. The summed E-state index contributed by atoms with van der Waals surface area (Å²) in [5, 5.41) is 0. The van der Waals surface area contributed by atoms with Gasteiger partial charge >= 0.3 is 17.9 Å². The Bertz CT molecular complexity index is 1450. The van der Waals surface area contributed by atoms with Crippen LogP contribution >= 0.6 is 0 Å². The highest BCUT2D eigenvalue weighted by Gasteiger charge is 2.19. The number of unbranched alkanes of at least 4 members (excludes halogenated alkanes) is 40. The van der Waals surface area contributed by atoms with Crippen LogP contribution in [0.3, 0.4) is 0 Å². The van der Waals surface area contributed by atoms with E-state index in [0.29, 0.717) is 19.3 Å². The summed E-state index contributed by atoms with van der Waals surface area (Å²) in [5.41, 5.74) is 0. The first kappa shape index (κ1) is 75.8. The van der Waals surface area contributed by atoms with E-state index in [2.05, 4.69) is 93.7 Å². The molecule has 0 rings (SSSR count). The Morgan fingerprint density at radius 1 is 0.266 bits per heavy atom. The summed E-state index contributed by atoms with van der Waals surface area (Å²) in [6, 6.07) is 0. The van der Waals surface area contributed by atoms with E-state index >= 15 is 0 Å². The zero-order valence-electron chi connectivity index (χ0n) is 52.6. The van der Waals surface area contributed by atoms with Crippen LogP contribution in [-0.4, -0.2) is 37.2 Å². The van der Waals surface area contributed by atoms with Gasteiger partial charge < -0.3 is 14.2 Å². The molecule has 79 heavy (non-hydrogen) atoms. The molecule has 0 aliphatic rings. The van der Waals surface area contributed by atoms with Gasteiger partial charge in [0.15, 0.2) is 6.10 Å². The van der Waals surface area contributed by atoms with Crippen molar-refractivity contribution < 1.29 is 28.6 Å². The minimum Gasteiger partial charge on any atom is -0.462 e. The highest BCUT2D eigenvalue weighted by molar-refractivity contribution is 5.71. The number of carbonyl (C=O) groups excluding carboxylic acids is 3. The minimum absolute atomic E-state index is 0.0829. The van der Waals surface area contributed by atoms with Gasteiger partial charge in [-0.3, -0.25) is 14.4 Å². The monoisotopic (exact) mass is 1100 g/mol. The standard InChI is InChI=1S/C73H130O6/c1-4-7-10-13-16-19-22-25-28-30-32-34-35-36-37-38-40-41-43-45-48-51-54-57-60-63-66-72(75)78-69-70(68-77-71(74)65-62-59-56-53-50-47-27-24-21-18-15-12-9-6-3)79-73(76)67-64-61-58-55-52-49-46-44-42-39-33-31-29-26-23-20-17-14-11-8-5-2/h8,11,17,20,24,26-27,29,33,39,44,46,70H,4-7,9-10,12-16,18-19,21-23,25,28,30-32,34-38,40-43,45,47-69H2,1-3H3/b11-8-,20-17-,27-24-,29-26-,39-33-,46-44-. The zero-order valence-corrected chi connectivity index (χ0v) is 52.6. The lowest BCUT2D eigenvalue weighted by molar-refractivity contribution is -0.167. The molecule has 0 spiro atoms. The van der Waals surface area contributed by atoms with Gasteiger partial charge in [0, 0.05) is 19.3 Å². The SMILES string of the molecule is CC/C=C\C/C=C\C/C=C\C/C=C\C/C=C\CCCCCCCC(=O)OC(COC(=O)CCCCCCC/C=C\CCCCCCC)COC(=O)CCCCCCCCCCCCCCCCCCCCCCCCCCCC. The van der Waals surface area contributed by atoms with Gasteiger partial charge in [-0.15, -0.1) is 0 Å². The molecule has 0 saturated carbocycles. The maximum atomic E-state index is 12.9. The molecule has 0 heterocycles. The van der Waals surface area contributed by atoms with Crippen LogP contribution in [0.15, 0.2) is 72.9 Å². The van der Waals surface area contributed by atoms with Crippen molar-refractivity contribution in [2.75, 3.05) is 13.2 Å². The molecule has 0 aliphatic carbocycles. The second kappa shape index (κ2) is 67.4. The number of allylic oxidation sites excluding steroid dienone is 12. The summed E-state index contributed by atoms with van der Waals surface area (Å²) in [6.07, 6.45) is 87.8. The van der Waals surface area contributed by atoms with Gasteiger partial charge in [0.25, 0.3) is 0 Å². The molecule has 0 bridgehead atoms. The normalized spacial score (nSPS) is 12.5. The van der Waals surface area contributed by atoms with Gasteiger partial charge in [-0.25, -0.2) is 0 Å². The number of esters is 3. The minimum atomic E-state index is -0.790. The molecule has 0 aromatic carbocycles. The summed E-state index contributed by atoms with van der Waals surface area (Å²) in [6.45, 7) is 6.55. The maximum absolute atomic E-state index is 12.9. The van der Waals surface area contributed by atoms with E-state index < -0.39 is 6.10 Å². The fourth-order valence-electron chi connectivity index (χ4n) is 10.1. The second-order valence-corrected chi connectivity index (χ2v) is 23.1. The van der Waals surface area contributed by atoms with Crippen LogP contribution in [-0.2, 0) is 28.6 Å². The van der Waals surface area contributed by atoms with E-state index in [4.69, 9.17) is 14.2 Å². The maximum Gasteiger partial charge on any atom is 0.306 e. The molecular formula is C73H130O6. The van der Waals surface area contributed by atoms with Crippen molar-refractivity contribution in [2.45, 2.75) is 361 Å². The molecule has 0 radical (unpaired) electrons. The van der Waals surface area contributed by atoms with Crippen molar-refractivity contribution in [3.63, 3.8) is 0 Å². The number of rotatable bonds is 63. The number of hydrogen-bond acceptors (Lipinski definition) is 6. The van der Waals surface area contributed by atoms with Gasteiger partial charge in [0.05, 0.1) is 0 Å². The van der Waals surface area contributed by atoms with Crippen LogP contribution in [0.4, 0.5) is 0 Å². The van der Waals surface area contributed by atoms with Crippen molar-refractivity contribution in [3.05, 3.63) is 72.9 Å². The lowest BCUT2D eigenvalue weighted by Gasteiger charge is -2.18. The Labute approximate surface area is 491 Å². The number of ether oxygens (including phenoxy) is 3. The lowest BCUT2D eigenvalue weighted by atomic mass is 10.0. The predicted octanol–water partition coefficient (Wildman–Crippen LogP) is 23.7. The van der Waals surface area contributed by atoms with E-state index in [-0.39, 0.29) is 31.1 Å². The smallest absolute Gasteiger partial charge is 0.306 e.